The normalized spacial score (nSPS) is 19.1. The second kappa shape index (κ2) is 7.95. The molecule has 3 rings (SSSR count). The van der Waals surface area contributed by atoms with Gasteiger partial charge in [-0.3, -0.25) is 9.59 Å². The molecular weight excluding hydrogens is 336 g/mol. The predicted molar refractivity (Wildman–Crippen MR) is 108 cm³/mol. The van der Waals surface area contributed by atoms with Gasteiger partial charge in [-0.05, 0) is 43.4 Å². The summed E-state index contributed by atoms with van der Waals surface area (Å²) in [7, 11) is 0. The van der Waals surface area contributed by atoms with Crippen LogP contribution >= 0.6 is 0 Å². The van der Waals surface area contributed by atoms with Crippen molar-refractivity contribution in [3.63, 3.8) is 0 Å². The van der Waals surface area contributed by atoms with Crippen molar-refractivity contribution in [2.75, 3.05) is 19.6 Å². The molecule has 4 heteroatoms. The minimum absolute atomic E-state index is 0.0366. The van der Waals surface area contributed by atoms with Crippen LogP contribution in [-0.4, -0.2) is 36.3 Å². The monoisotopic (exact) mass is 364 g/mol. The number of nitrogens with one attached hydrogen (secondary N) is 1. The van der Waals surface area contributed by atoms with Gasteiger partial charge < -0.3 is 10.2 Å². The van der Waals surface area contributed by atoms with E-state index in [2.05, 4.69) is 54.7 Å². The summed E-state index contributed by atoms with van der Waals surface area (Å²) in [5.41, 5.74) is 4.14. The molecule has 0 unspecified atom stereocenters. The smallest absolute Gasteiger partial charge is 0.228 e. The lowest BCUT2D eigenvalue weighted by molar-refractivity contribution is -0.132. The lowest BCUT2D eigenvalue weighted by Gasteiger charge is -2.28. The first-order valence-corrected chi connectivity index (χ1v) is 9.63. The van der Waals surface area contributed by atoms with Crippen LogP contribution in [0, 0.1) is 12.3 Å². The zero-order valence-corrected chi connectivity index (χ0v) is 16.4. The second-order valence-corrected chi connectivity index (χ2v) is 7.57. The van der Waals surface area contributed by atoms with Gasteiger partial charge in [0.15, 0.2) is 0 Å². The Labute approximate surface area is 161 Å². The van der Waals surface area contributed by atoms with Crippen LogP contribution in [0.15, 0.2) is 48.5 Å². The van der Waals surface area contributed by atoms with Gasteiger partial charge >= 0.3 is 0 Å². The fraction of sp³-hybridized carbons (Fsp3) is 0.391. The first-order valence-electron chi connectivity index (χ1n) is 9.63. The fourth-order valence-corrected chi connectivity index (χ4v) is 3.90. The zero-order chi connectivity index (χ0) is 19.4. The Bertz CT molecular complexity index is 829. The highest BCUT2D eigenvalue weighted by Crippen LogP contribution is 2.35. The van der Waals surface area contributed by atoms with E-state index in [1.165, 1.54) is 11.1 Å². The van der Waals surface area contributed by atoms with E-state index in [-0.39, 0.29) is 11.8 Å². The third kappa shape index (κ3) is 4.21. The number of aryl methyl sites for hydroxylation is 1. The molecule has 0 spiro atoms. The number of hydrogen-bond acceptors (Lipinski definition) is 2. The molecule has 27 heavy (non-hydrogen) atoms. The molecule has 142 valence electrons. The van der Waals surface area contributed by atoms with E-state index in [4.69, 9.17) is 0 Å². The topological polar surface area (TPSA) is 49.4 Å². The number of rotatable bonds is 5. The van der Waals surface area contributed by atoms with Gasteiger partial charge in [-0.15, -0.1) is 0 Å². The molecule has 2 aromatic carbocycles. The summed E-state index contributed by atoms with van der Waals surface area (Å²) in [5, 5.41) is 2.98. The van der Waals surface area contributed by atoms with E-state index in [9.17, 15) is 9.59 Å². The first-order chi connectivity index (χ1) is 12.9. The average molecular weight is 364 g/mol. The molecule has 1 saturated heterocycles. The Kier molecular flexibility index (Phi) is 5.64. The van der Waals surface area contributed by atoms with Crippen molar-refractivity contribution in [1.29, 1.82) is 0 Å². The Morgan fingerprint density at radius 2 is 1.85 bits per heavy atom. The van der Waals surface area contributed by atoms with Crippen molar-refractivity contribution < 1.29 is 9.59 Å². The highest BCUT2D eigenvalue weighted by atomic mass is 16.2. The maximum atomic E-state index is 12.9. The van der Waals surface area contributed by atoms with Crippen molar-refractivity contribution in [1.82, 2.24) is 10.2 Å². The van der Waals surface area contributed by atoms with Crippen LogP contribution in [0.2, 0.25) is 0 Å². The van der Waals surface area contributed by atoms with E-state index in [1.54, 1.807) is 11.8 Å². The van der Waals surface area contributed by atoms with Crippen LogP contribution in [0.1, 0.15) is 31.4 Å². The maximum absolute atomic E-state index is 12.9. The minimum atomic E-state index is -0.548. The molecule has 0 radical (unpaired) electrons. The number of likely N-dealkylation sites (tertiary alicyclic amines) is 1. The van der Waals surface area contributed by atoms with E-state index >= 15 is 0 Å². The summed E-state index contributed by atoms with van der Waals surface area (Å²) >= 11 is 0. The molecule has 2 amide bonds. The minimum Gasteiger partial charge on any atom is -0.356 e. The summed E-state index contributed by atoms with van der Waals surface area (Å²) in [6.07, 6.45) is 1.34. The van der Waals surface area contributed by atoms with E-state index in [1.807, 2.05) is 13.0 Å². The summed E-state index contributed by atoms with van der Waals surface area (Å²) < 4.78 is 0. The van der Waals surface area contributed by atoms with Crippen LogP contribution in [0.4, 0.5) is 0 Å². The quantitative estimate of drug-likeness (QED) is 0.882. The number of amides is 2. The van der Waals surface area contributed by atoms with Crippen molar-refractivity contribution in [3.8, 4) is 11.1 Å². The number of benzene rings is 2. The number of hydrogen-bond donors (Lipinski definition) is 1. The molecule has 2 aromatic rings. The lowest BCUT2D eigenvalue weighted by atomic mass is 9.79. The van der Waals surface area contributed by atoms with Gasteiger partial charge in [0.25, 0.3) is 0 Å². The summed E-state index contributed by atoms with van der Waals surface area (Å²) in [6, 6.07) is 16.9. The third-order valence-corrected chi connectivity index (χ3v) is 5.47. The molecule has 1 aliphatic heterocycles. The van der Waals surface area contributed by atoms with Crippen LogP contribution in [0.5, 0.6) is 0 Å². The average Bonchev–Trinajstić information content (AvgIpc) is 3.08. The highest BCUT2D eigenvalue weighted by molar-refractivity contribution is 5.85. The molecule has 0 saturated carbocycles. The fourth-order valence-electron chi connectivity index (χ4n) is 3.90. The Hall–Kier alpha value is -2.62. The van der Waals surface area contributed by atoms with Crippen molar-refractivity contribution in [2.24, 2.45) is 5.41 Å². The summed E-state index contributed by atoms with van der Waals surface area (Å²) in [5.74, 6) is 0.0871. The van der Waals surface area contributed by atoms with Gasteiger partial charge in [-0.2, -0.15) is 0 Å². The third-order valence-electron chi connectivity index (χ3n) is 5.47. The van der Waals surface area contributed by atoms with E-state index in [0.29, 0.717) is 32.5 Å². The summed E-state index contributed by atoms with van der Waals surface area (Å²) in [4.78, 5) is 26.5. The molecule has 1 N–H and O–H groups in total. The van der Waals surface area contributed by atoms with Gasteiger partial charge in [-0.25, -0.2) is 0 Å². The largest absolute Gasteiger partial charge is 0.356 e. The second-order valence-electron chi connectivity index (χ2n) is 7.57. The zero-order valence-electron chi connectivity index (χ0n) is 16.4. The molecule has 0 aromatic heterocycles. The molecule has 4 nitrogen and oxygen atoms in total. The standard InChI is InChI=1S/C23H28N2O2/c1-4-24-22(27)23(12-13-25(16-23)18(3)26)15-19-6-5-7-21(14-19)20-10-8-17(2)9-11-20/h5-11,14H,4,12-13,15-16H2,1-3H3,(H,24,27)/t23-/m1/s1. The molecule has 1 fully saturated rings. The summed E-state index contributed by atoms with van der Waals surface area (Å²) in [6.45, 7) is 7.32. The molecule has 1 aliphatic rings. The highest BCUT2D eigenvalue weighted by Gasteiger charge is 2.45. The van der Waals surface area contributed by atoms with Crippen molar-refractivity contribution >= 4 is 11.8 Å². The maximum Gasteiger partial charge on any atom is 0.228 e. The van der Waals surface area contributed by atoms with Crippen molar-refractivity contribution in [3.05, 3.63) is 59.7 Å². The van der Waals surface area contributed by atoms with Gasteiger partial charge in [0.05, 0.1) is 5.41 Å². The van der Waals surface area contributed by atoms with Gasteiger partial charge in [-0.1, -0.05) is 54.1 Å². The molecule has 0 bridgehead atoms. The first kappa shape index (κ1) is 19.2. The number of nitrogens with zero attached hydrogens (tertiary/aromatic N) is 1. The van der Waals surface area contributed by atoms with Crippen molar-refractivity contribution in [2.45, 2.75) is 33.6 Å². The molecule has 1 atom stereocenters. The molecule has 0 aliphatic carbocycles. The number of carbonyl (C=O) groups is 2. The number of carbonyl (C=O) groups excluding carboxylic acids is 2. The predicted octanol–water partition coefficient (Wildman–Crippen LogP) is 3.58. The molecule has 1 heterocycles. The van der Waals surface area contributed by atoms with Crippen LogP contribution < -0.4 is 5.32 Å². The lowest BCUT2D eigenvalue weighted by Crippen LogP contribution is -2.45. The van der Waals surface area contributed by atoms with Gasteiger partial charge in [0.1, 0.15) is 0 Å². The van der Waals surface area contributed by atoms with Gasteiger partial charge in [0, 0.05) is 26.6 Å². The Balaban J connectivity index is 1.88. The SMILES string of the molecule is CCNC(=O)[C@@]1(Cc2cccc(-c3ccc(C)cc3)c2)CCN(C(C)=O)C1. The Morgan fingerprint density at radius 1 is 1.11 bits per heavy atom. The van der Waals surface area contributed by atoms with Crippen LogP contribution in [0.3, 0.4) is 0 Å². The van der Waals surface area contributed by atoms with Crippen LogP contribution in [0.25, 0.3) is 11.1 Å². The van der Waals surface area contributed by atoms with E-state index in [0.717, 1.165) is 11.1 Å². The Morgan fingerprint density at radius 3 is 2.48 bits per heavy atom. The van der Waals surface area contributed by atoms with E-state index < -0.39 is 5.41 Å². The molecular formula is C23H28N2O2. The van der Waals surface area contributed by atoms with Gasteiger partial charge in [0.2, 0.25) is 11.8 Å². The van der Waals surface area contributed by atoms with Crippen LogP contribution in [-0.2, 0) is 16.0 Å².